The molecular weight excluding hydrogens is 576 g/mol. The molecule has 0 spiro atoms. The van der Waals surface area contributed by atoms with E-state index >= 15 is 0 Å². The van der Waals surface area contributed by atoms with Crippen LogP contribution in [0.15, 0.2) is 112 Å². The zero-order valence-electron chi connectivity index (χ0n) is 20.5. The minimum absolute atomic E-state index is 0.109. The molecule has 7 nitrogen and oxygen atoms in total. The Bertz CT molecular complexity index is 1440. The van der Waals surface area contributed by atoms with Crippen LogP contribution in [0.2, 0.25) is 0 Å². The Labute approximate surface area is 227 Å². The second kappa shape index (κ2) is 12.4. The molecular formula is C27H29BrN2O5S2. The fourth-order valence-electron chi connectivity index (χ4n) is 3.70. The molecule has 3 aromatic carbocycles. The van der Waals surface area contributed by atoms with Gasteiger partial charge in [-0.3, -0.25) is 8.61 Å². The van der Waals surface area contributed by atoms with Crippen molar-refractivity contribution in [2.75, 3.05) is 28.8 Å². The van der Waals surface area contributed by atoms with E-state index in [-0.39, 0.29) is 34.3 Å². The van der Waals surface area contributed by atoms with Crippen LogP contribution in [0.3, 0.4) is 0 Å². The SMILES string of the molecule is C=CCCN(c1cc(Br)c(N(CCC=C)S(=O)(=O)c2ccccc2)c(OC)c1)S(=O)(=O)c1ccccc1. The van der Waals surface area contributed by atoms with Crippen LogP contribution >= 0.6 is 15.9 Å². The Morgan fingerprint density at radius 1 is 0.784 bits per heavy atom. The summed E-state index contributed by atoms with van der Waals surface area (Å²) in [5.41, 5.74) is 0.580. The zero-order valence-corrected chi connectivity index (χ0v) is 23.7. The largest absolute Gasteiger partial charge is 0.494 e. The number of nitrogens with zero attached hydrogens (tertiary/aromatic N) is 2. The second-order valence-electron chi connectivity index (χ2n) is 7.91. The highest BCUT2D eigenvalue weighted by atomic mass is 79.9. The third-order valence-corrected chi connectivity index (χ3v) is 9.76. The maximum atomic E-state index is 13.7. The van der Waals surface area contributed by atoms with Crippen molar-refractivity contribution in [3.8, 4) is 5.75 Å². The number of ether oxygens (including phenoxy) is 1. The summed E-state index contributed by atoms with van der Waals surface area (Å²) < 4.78 is 63.0. The van der Waals surface area contributed by atoms with Crippen molar-refractivity contribution < 1.29 is 21.6 Å². The number of benzene rings is 3. The second-order valence-corrected chi connectivity index (χ2v) is 12.5. The number of anilines is 2. The lowest BCUT2D eigenvalue weighted by Crippen LogP contribution is -2.34. The van der Waals surface area contributed by atoms with Crippen LogP contribution in [0.1, 0.15) is 12.8 Å². The lowest BCUT2D eigenvalue weighted by Gasteiger charge is -2.29. The first-order chi connectivity index (χ1) is 17.7. The Balaban J connectivity index is 2.19. The molecule has 0 N–H and O–H groups in total. The number of methoxy groups -OCH3 is 1. The van der Waals surface area contributed by atoms with Crippen LogP contribution in [0.25, 0.3) is 0 Å². The van der Waals surface area contributed by atoms with Gasteiger partial charge in [-0.05, 0) is 59.1 Å². The molecule has 0 atom stereocenters. The molecule has 3 aromatic rings. The highest BCUT2D eigenvalue weighted by Gasteiger charge is 2.31. The minimum atomic E-state index is -3.97. The van der Waals surface area contributed by atoms with E-state index < -0.39 is 20.0 Å². The summed E-state index contributed by atoms with van der Waals surface area (Å²) in [7, 11) is -6.48. The molecule has 0 aromatic heterocycles. The van der Waals surface area contributed by atoms with Gasteiger partial charge in [0.15, 0.2) is 0 Å². The minimum Gasteiger partial charge on any atom is -0.494 e. The van der Waals surface area contributed by atoms with Gasteiger partial charge < -0.3 is 4.74 Å². The van der Waals surface area contributed by atoms with Crippen LogP contribution in [0.5, 0.6) is 5.75 Å². The molecule has 0 aliphatic carbocycles. The number of halogens is 1. The lowest BCUT2D eigenvalue weighted by atomic mass is 10.2. The van der Waals surface area contributed by atoms with Gasteiger partial charge in [-0.25, -0.2) is 16.8 Å². The van der Waals surface area contributed by atoms with E-state index in [1.807, 2.05) is 0 Å². The van der Waals surface area contributed by atoms with E-state index in [1.165, 1.54) is 46.1 Å². The van der Waals surface area contributed by atoms with Gasteiger partial charge >= 0.3 is 0 Å². The summed E-state index contributed by atoms with van der Waals surface area (Å²) >= 11 is 3.50. The molecule has 10 heteroatoms. The maximum Gasteiger partial charge on any atom is 0.264 e. The Kier molecular flexibility index (Phi) is 9.58. The van der Waals surface area contributed by atoms with E-state index in [1.54, 1.807) is 54.6 Å². The van der Waals surface area contributed by atoms with Gasteiger partial charge in [0.05, 0.1) is 22.6 Å². The van der Waals surface area contributed by atoms with Gasteiger partial charge in [0.25, 0.3) is 20.0 Å². The smallest absolute Gasteiger partial charge is 0.264 e. The number of hydrogen-bond donors (Lipinski definition) is 0. The molecule has 196 valence electrons. The molecule has 0 bridgehead atoms. The van der Waals surface area contributed by atoms with Crippen molar-refractivity contribution in [2.24, 2.45) is 0 Å². The van der Waals surface area contributed by atoms with E-state index in [9.17, 15) is 16.8 Å². The number of sulfonamides is 2. The summed E-state index contributed by atoms with van der Waals surface area (Å²) in [4.78, 5) is 0.258. The number of hydrogen-bond acceptors (Lipinski definition) is 5. The highest BCUT2D eigenvalue weighted by molar-refractivity contribution is 9.10. The summed E-state index contributed by atoms with van der Waals surface area (Å²) in [5, 5.41) is 0. The highest BCUT2D eigenvalue weighted by Crippen LogP contribution is 2.43. The van der Waals surface area contributed by atoms with Gasteiger partial charge in [-0.1, -0.05) is 48.6 Å². The zero-order chi connectivity index (χ0) is 27.1. The fourth-order valence-corrected chi connectivity index (χ4v) is 7.47. The molecule has 0 aliphatic heterocycles. The average Bonchev–Trinajstić information content (AvgIpc) is 2.90. The third kappa shape index (κ3) is 6.26. The molecule has 0 aliphatic rings. The predicted molar refractivity (Wildman–Crippen MR) is 152 cm³/mol. The quantitative estimate of drug-likeness (QED) is 0.223. The van der Waals surface area contributed by atoms with Gasteiger partial charge in [0, 0.05) is 23.6 Å². The first kappa shape index (κ1) is 28.5. The molecule has 0 radical (unpaired) electrons. The number of rotatable bonds is 13. The molecule has 37 heavy (non-hydrogen) atoms. The summed E-state index contributed by atoms with van der Waals surface area (Å²) in [6.07, 6.45) is 4.06. The summed E-state index contributed by atoms with van der Waals surface area (Å²) in [6.45, 7) is 7.68. The van der Waals surface area contributed by atoms with Gasteiger partial charge in [-0.15, -0.1) is 13.2 Å². The fraction of sp³-hybridized carbons (Fsp3) is 0.185. The van der Waals surface area contributed by atoms with Crippen LogP contribution < -0.4 is 13.3 Å². The molecule has 0 saturated heterocycles. The Hall–Kier alpha value is -3.08. The van der Waals surface area contributed by atoms with Crippen LogP contribution in [0, 0.1) is 0 Å². The topological polar surface area (TPSA) is 84.0 Å². The lowest BCUT2D eigenvalue weighted by molar-refractivity contribution is 0.415. The first-order valence-corrected chi connectivity index (χ1v) is 15.1. The molecule has 0 heterocycles. The van der Waals surface area contributed by atoms with Crippen molar-refractivity contribution in [3.05, 3.63) is 103 Å². The maximum absolute atomic E-state index is 13.7. The van der Waals surface area contributed by atoms with Crippen molar-refractivity contribution >= 4 is 47.4 Å². The third-order valence-electron chi connectivity index (χ3n) is 5.51. The van der Waals surface area contributed by atoms with Crippen molar-refractivity contribution in [1.82, 2.24) is 0 Å². The standard InChI is InChI=1S/C27H29BrN2O5S2/c1-4-6-18-29(36(31,32)23-14-10-8-11-15-23)22-20-25(28)27(26(21-22)35-3)30(19-7-5-2)37(33,34)24-16-12-9-13-17-24/h4-5,8-17,20-21H,1-2,6-7,18-19H2,3H3. The van der Waals surface area contributed by atoms with E-state index in [4.69, 9.17) is 4.74 Å². The van der Waals surface area contributed by atoms with Crippen molar-refractivity contribution in [3.63, 3.8) is 0 Å². The first-order valence-electron chi connectivity index (χ1n) is 11.4. The molecule has 0 saturated carbocycles. The van der Waals surface area contributed by atoms with Crippen LogP contribution in [-0.2, 0) is 20.0 Å². The molecule has 3 rings (SSSR count). The summed E-state index contributed by atoms with van der Waals surface area (Å²) in [6, 6.07) is 19.3. The van der Waals surface area contributed by atoms with E-state index in [2.05, 4.69) is 29.1 Å². The Morgan fingerprint density at radius 2 is 1.24 bits per heavy atom. The van der Waals surface area contributed by atoms with E-state index in [0.29, 0.717) is 23.0 Å². The molecule has 0 fully saturated rings. The van der Waals surface area contributed by atoms with Gasteiger partial charge in [0.2, 0.25) is 0 Å². The summed E-state index contributed by atoms with van der Waals surface area (Å²) in [5.74, 6) is 0.194. The predicted octanol–water partition coefficient (Wildman–Crippen LogP) is 6.00. The van der Waals surface area contributed by atoms with Crippen LogP contribution in [0.4, 0.5) is 11.4 Å². The van der Waals surface area contributed by atoms with Crippen LogP contribution in [-0.4, -0.2) is 37.0 Å². The van der Waals surface area contributed by atoms with Gasteiger partial charge in [0.1, 0.15) is 11.4 Å². The van der Waals surface area contributed by atoms with Gasteiger partial charge in [-0.2, -0.15) is 0 Å². The monoisotopic (exact) mass is 604 g/mol. The Morgan fingerprint density at radius 3 is 1.70 bits per heavy atom. The van der Waals surface area contributed by atoms with Crippen molar-refractivity contribution in [1.29, 1.82) is 0 Å². The average molecular weight is 606 g/mol. The molecule has 0 amide bonds. The molecule has 0 unspecified atom stereocenters. The van der Waals surface area contributed by atoms with E-state index in [0.717, 1.165) is 0 Å². The normalized spacial score (nSPS) is 11.5. The van der Waals surface area contributed by atoms with Crippen molar-refractivity contribution in [2.45, 2.75) is 22.6 Å².